The second-order valence-corrected chi connectivity index (χ2v) is 5.34. The Morgan fingerprint density at radius 2 is 1.89 bits per heavy atom. The normalized spacial score (nSPS) is 10.9. The molecule has 0 aromatic heterocycles. The van der Waals surface area contributed by atoms with Gasteiger partial charge in [0.05, 0.1) is 29.2 Å². The van der Waals surface area contributed by atoms with E-state index in [4.69, 9.17) is 4.74 Å². The number of methoxy groups -OCH3 is 1. The third-order valence-corrected chi connectivity index (χ3v) is 3.44. The van der Waals surface area contributed by atoms with Gasteiger partial charge in [0, 0.05) is 0 Å². The molecule has 0 saturated carbocycles. The van der Waals surface area contributed by atoms with Crippen molar-refractivity contribution < 1.29 is 37.2 Å². The predicted molar refractivity (Wildman–Crippen MR) is 90.0 cm³/mol. The van der Waals surface area contributed by atoms with E-state index in [1.54, 1.807) is 0 Å². The van der Waals surface area contributed by atoms with Crippen LogP contribution in [0, 0.1) is 10.1 Å². The van der Waals surface area contributed by atoms with Gasteiger partial charge in [-0.3, -0.25) is 14.9 Å². The summed E-state index contributed by atoms with van der Waals surface area (Å²) in [7, 11) is 1.31. The molecule has 148 valence electrons. The number of esters is 1. The number of benzene rings is 2. The van der Waals surface area contributed by atoms with Crippen molar-refractivity contribution in [3.63, 3.8) is 0 Å². The zero-order valence-electron chi connectivity index (χ0n) is 14.3. The molecule has 0 spiro atoms. The summed E-state index contributed by atoms with van der Waals surface area (Å²) < 4.78 is 47.5. The minimum atomic E-state index is -4.64. The highest BCUT2D eigenvalue weighted by atomic mass is 19.4. The van der Waals surface area contributed by atoms with Crippen molar-refractivity contribution in [1.29, 1.82) is 0 Å². The van der Waals surface area contributed by atoms with E-state index in [1.807, 2.05) is 0 Å². The number of nitro groups is 1. The van der Waals surface area contributed by atoms with Gasteiger partial charge in [-0.25, -0.2) is 4.79 Å². The van der Waals surface area contributed by atoms with E-state index < -0.39 is 46.4 Å². The molecule has 11 heteroatoms. The molecule has 0 aliphatic carbocycles. The maximum absolute atomic E-state index is 12.7. The number of nitrogens with zero attached hydrogens (tertiary/aromatic N) is 1. The Labute approximate surface area is 156 Å². The van der Waals surface area contributed by atoms with Gasteiger partial charge < -0.3 is 14.8 Å². The molecule has 0 saturated heterocycles. The second kappa shape index (κ2) is 8.37. The summed E-state index contributed by atoms with van der Waals surface area (Å²) in [6, 6.07) is 7.19. The van der Waals surface area contributed by atoms with Gasteiger partial charge in [0.2, 0.25) is 0 Å². The zero-order valence-corrected chi connectivity index (χ0v) is 14.3. The lowest BCUT2D eigenvalue weighted by Crippen LogP contribution is -2.21. The molecule has 0 bridgehead atoms. The van der Waals surface area contributed by atoms with Crippen molar-refractivity contribution in [3.8, 4) is 5.75 Å². The fourth-order valence-electron chi connectivity index (χ4n) is 2.12. The van der Waals surface area contributed by atoms with Crippen LogP contribution < -0.4 is 10.1 Å². The Hall–Kier alpha value is -3.63. The summed E-state index contributed by atoms with van der Waals surface area (Å²) in [6.45, 7) is -0.849. The highest BCUT2D eigenvalue weighted by Crippen LogP contribution is 2.30. The largest absolute Gasteiger partial charge is 0.496 e. The van der Waals surface area contributed by atoms with Gasteiger partial charge in [0.15, 0.2) is 6.61 Å². The molecule has 28 heavy (non-hydrogen) atoms. The van der Waals surface area contributed by atoms with Crippen LogP contribution in [-0.2, 0) is 15.7 Å². The van der Waals surface area contributed by atoms with Gasteiger partial charge in [-0.05, 0) is 30.3 Å². The van der Waals surface area contributed by atoms with Crippen molar-refractivity contribution in [1.82, 2.24) is 0 Å². The molecule has 2 aromatic rings. The van der Waals surface area contributed by atoms with Gasteiger partial charge in [-0.2, -0.15) is 13.2 Å². The number of alkyl halides is 3. The molecule has 0 unspecified atom stereocenters. The molecule has 0 heterocycles. The van der Waals surface area contributed by atoms with Crippen LogP contribution >= 0.6 is 0 Å². The molecule has 8 nitrogen and oxygen atoms in total. The van der Waals surface area contributed by atoms with Crippen molar-refractivity contribution in [2.75, 3.05) is 19.0 Å². The van der Waals surface area contributed by atoms with E-state index in [1.165, 1.54) is 19.2 Å². The molecule has 1 N–H and O–H groups in total. The number of ether oxygens (including phenoxy) is 2. The number of nitrogens with one attached hydrogen (secondary N) is 1. The first-order valence-electron chi connectivity index (χ1n) is 7.58. The number of nitro benzene ring substituents is 1. The second-order valence-electron chi connectivity index (χ2n) is 5.34. The van der Waals surface area contributed by atoms with Crippen LogP contribution in [0.4, 0.5) is 24.5 Å². The standard InChI is InChI=1S/C17H13F3N2O6/c1-27-12-5-6-13(14(8-12)22(25)26)21-15(23)9-28-16(24)10-3-2-4-11(7-10)17(18,19)20/h2-8H,9H2,1H3,(H,21,23). The van der Waals surface area contributed by atoms with Gasteiger partial charge >= 0.3 is 12.1 Å². The van der Waals surface area contributed by atoms with Crippen molar-refractivity contribution in [2.24, 2.45) is 0 Å². The van der Waals surface area contributed by atoms with Gasteiger partial charge in [-0.1, -0.05) is 6.07 Å². The molecular weight excluding hydrogens is 385 g/mol. The quantitative estimate of drug-likeness (QED) is 0.454. The summed E-state index contributed by atoms with van der Waals surface area (Å²) in [6.07, 6.45) is -4.64. The van der Waals surface area contributed by atoms with Crippen LogP contribution in [0.3, 0.4) is 0 Å². The highest BCUT2D eigenvalue weighted by molar-refractivity contribution is 5.97. The molecule has 0 atom stereocenters. The Morgan fingerprint density at radius 1 is 1.18 bits per heavy atom. The Kier molecular flexibility index (Phi) is 6.18. The smallest absolute Gasteiger partial charge is 0.416 e. The van der Waals surface area contributed by atoms with Crippen LogP contribution in [0.2, 0.25) is 0 Å². The average Bonchev–Trinajstić information content (AvgIpc) is 2.65. The van der Waals surface area contributed by atoms with E-state index in [0.29, 0.717) is 6.07 Å². The molecule has 0 aliphatic rings. The van der Waals surface area contributed by atoms with Crippen molar-refractivity contribution in [3.05, 3.63) is 63.7 Å². The fourth-order valence-corrected chi connectivity index (χ4v) is 2.12. The Balaban J connectivity index is 2.03. The molecule has 0 fully saturated rings. The summed E-state index contributed by atoms with van der Waals surface area (Å²) in [5, 5.41) is 13.2. The monoisotopic (exact) mass is 398 g/mol. The predicted octanol–water partition coefficient (Wildman–Crippen LogP) is 3.42. The summed E-state index contributed by atoms with van der Waals surface area (Å²) in [5.41, 5.74) is -2.04. The lowest BCUT2D eigenvalue weighted by molar-refractivity contribution is -0.384. The van der Waals surface area contributed by atoms with Crippen LogP contribution in [0.5, 0.6) is 5.75 Å². The lowest BCUT2D eigenvalue weighted by atomic mass is 10.1. The first-order chi connectivity index (χ1) is 13.1. The Morgan fingerprint density at radius 3 is 2.50 bits per heavy atom. The number of hydrogen-bond acceptors (Lipinski definition) is 6. The summed E-state index contributed by atoms with van der Waals surface area (Å²) in [5.74, 6) is -1.86. The van der Waals surface area contributed by atoms with Crippen molar-refractivity contribution >= 4 is 23.3 Å². The highest BCUT2D eigenvalue weighted by Gasteiger charge is 2.31. The fraction of sp³-hybridized carbons (Fsp3) is 0.176. The van der Waals surface area contributed by atoms with Gasteiger partial charge in [-0.15, -0.1) is 0 Å². The van der Waals surface area contributed by atoms with E-state index in [-0.39, 0.29) is 11.4 Å². The maximum Gasteiger partial charge on any atom is 0.416 e. The number of rotatable bonds is 6. The van der Waals surface area contributed by atoms with Crippen LogP contribution in [0.15, 0.2) is 42.5 Å². The number of carbonyl (C=O) groups is 2. The first kappa shape index (κ1) is 20.7. The molecular formula is C17H13F3N2O6. The third kappa shape index (κ3) is 5.19. The molecule has 2 aromatic carbocycles. The minimum Gasteiger partial charge on any atom is -0.496 e. The first-order valence-corrected chi connectivity index (χ1v) is 7.58. The van der Waals surface area contributed by atoms with E-state index >= 15 is 0 Å². The topological polar surface area (TPSA) is 108 Å². The number of amides is 1. The number of anilines is 1. The average molecular weight is 398 g/mol. The third-order valence-electron chi connectivity index (χ3n) is 3.44. The van der Waals surface area contributed by atoms with Gasteiger partial charge in [0.1, 0.15) is 11.4 Å². The maximum atomic E-state index is 12.7. The SMILES string of the molecule is COc1ccc(NC(=O)COC(=O)c2cccc(C(F)(F)F)c2)c([N+](=O)[O-])c1. The van der Waals surface area contributed by atoms with E-state index in [0.717, 1.165) is 24.3 Å². The number of hydrogen-bond donors (Lipinski definition) is 1. The van der Waals surface area contributed by atoms with E-state index in [2.05, 4.69) is 10.1 Å². The van der Waals surface area contributed by atoms with Crippen molar-refractivity contribution in [2.45, 2.75) is 6.18 Å². The van der Waals surface area contributed by atoms with Crippen LogP contribution in [-0.4, -0.2) is 30.5 Å². The number of carbonyl (C=O) groups excluding carboxylic acids is 2. The van der Waals surface area contributed by atoms with E-state index in [9.17, 15) is 32.9 Å². The molecule has 0 aliphatic heterocycles. The minimum absolute atomic E-state index is 0.161. The number of halogens is 3. The molecule has 2 rings (SSSR count). The molecule has 1 amide bonds. The molecule has 0 radical (unpaired) electrons. The summed E-state index contributed by atoms with van der Waals surface area (Å²) in [4.78, 5) is 34.0. The van der Waals surface area contributed by atoms with Gasteiger partial charge in [0.25, 0.3) is 11.6 Å². The zero-order chi connectivity index (χ0) is 20.9. The Bertz CT molecular complexity index is 914. The summed E-state index contributed by atoms with van der Waals surface area (Å²) >= 11 is 0. The lowest BCUT2D eigenvalue weighted by Gasteiger charge is -2.10. The van der Waals surface area contributed by atoms with Crippen LogP contribution in [0.25, 0.3) is 0 Å². The van der Waals surface area contributed by atoms with Crippen LogP contribution in [0.1, 0.15) is 15.9 Å².